The van der Waals surface area contributed by atoms with Crippen LogP contribution in [-0.2, 0) is 0 Å². The molecule has 2 rings (SSSR count). The van der Waals surface area contributed by atoms with Crippen LogP contribution in [0.4, 0.5) is 0 Å². The van der Waals surface area contributed by atoms with Crippen LogP contribution in [0.25, 0.3) is 0 Å². The summed E-state index contributed by atoms with van der Waals surface area (Å²) < 4.78 is 11.0. The first-order chi connectivity index (χ1) is 8.69. The second kappa shape index (κ2) is 5.89. The van der Waals surface area contributed by atoms with Gasteiger partial charge in [-0.3, -0.25) is 4.79 Å². The van der Waals surface area contributed by atoms with E-state index in [9.17, 15) is 4.79 Å². The van der Waals surface area contributed by atoms with E-state index in [1.807, 2.05) is 0 Å². The summed E-state index contributed by atoms with van der Waals surface area (Å²) in [6.07, 6.45) is 0. The van der Waals surface area contributed by atoms with E-state index >= 15 is 0 Å². The number of ketones is 1. The van der Waals surface area contributed by atoms with Gasteiger partial charge in [0.05, 0.1) is 16.3 Å². The smallest absolute Gasteiger partial charge is 0.210 e. The Morgan fingerprint density at radius 1 is 1.17 bits per heavy atom. The third-order valence-electron chi connectivity index (χ3n) is 2.28. The van der Waals surface area contributed by atoms with Gasteiger partial charge in [0.15, 0.2) is 6.61 Å². The Labute approximate surface area is 114 Å². The lowest BCUT2D eigenvalue weighted by Crippen LogP contribution is -2.09. The molecular formula is C13H11ClO3S. The highest BCUT2D eigenvalue weighted by atomic mass is 35.5. The van der Waals surface area contributed by atoms with Crippen molar-refractivity contribution in [2.75, 3.05) is 13.7 Å². The zero-order valence-electron chi connectivity index (χ0n) is 9.68. The van der Waals surface area contributed by atoms with Crippen molar-refractivity contribution in [1.82, 2.24) is 0 Å². The van der Waals surface area contributed by atoms with Crippen molar-refractivity contribution in [3.63, 3.8) is 0 Å². The number of Topliss-reactive ketones (excluding diaryl/α,β-unsaturated/α-hetero) is 1. The molecular weight excluding hydrogens is 272 g/mol. The predicted molar refractivity (Wildman–Crippen MR) is 72.1 cm³/mol. The molecule has 1 heterocycles. The SMILES string of the molecule is COc1ccc(OCC(=O)c2ccc(Cl)s2)cc1. The van der Waals surface area contributed by atoms with Gasteiger partial charge in [0.2, 0.25) is 5.78 Å². The summed E-state index contributed by atoms with van der Waals surface area (Å²) in [5.41, 5.74) is 0. The Morgan fingerprint density at radius 2 is 1.83 bits per heavy atom. The van der Waals surface area contributed by atoms with Gasteiger partial charge in [0.1, 0.15) is 11.5 Å². The first-order valence-electron chi connectivity index (χ1n) is 5.24. The summed E-state index contributed by atoms with van der Waals surface area (Å²) in [5.74, 6) is 1.30. The van der Waals surface area contributed by atoms with E-state index in [0.717, 1.165) is 5.75 Å². The van der Waals surface area contributed by atoms with Crippen molar-refractivity contribution in [2.24, 2.45) is 0 Å². The maximum absolute atomic E-state index is 11.8. The van der Waals surface area contributed by atoms with Crippen molar-refractivity contribution in [2.45, 2.75) is 0 Å². The molecule has 0 unspecified atom stereocenters. The fourth-order valence-electron chi connectivity index (χ4n) is 1.36. The first-order valence-corrected chi connectivity index (χ1v) is 6.44. The molecule has 0 saturated heterocycles. The third-order valence-corrected chi connectivity index (χ3v) is 3.55. The normalized spacial score (nSPS) is 10.1. The first kappa shape index (κ1) is 12.9. The van der Waals surface area contributed by atoms with Crippen molar-refractivity contribution >= 4 is 28.7 Å². The number of halogens is 1. The van der Waals surface area contributed by atoms with Crippen molar-refractivity contribution in [1.29, 1.82) is 0 Å². The number of hydrogen-bond donors (Lipinski definition) is 0. The van der Waals surface area contributed by atoms with Crippen LogP contribution in [0.15, 0.2) is 36.4 Å². The maximum atomic E-state index is 11.8. The van der Waals surface area contributed by atoms with E-state index < -0.39 is 0 Å². The molecule has 0 N–H and O–H groups in total. The molecule has 18 heavy (non-hydrogen) atoms. The molecule has 0 radical (unpaired) electrons. The number of hydrogen-bond acceptors (Lipinski definition) is 4. The second-order valence-corrected chi connectivity index (χ2v) is 5.21. The molecule has 1 aromatic carbocycles. The quantitative estimate of drug-likeness (QED) is 0.785. The number of carbonyl (C=O) groups is 1. The molecule has 0 spiro atoms. The van der Waals surface area contributed by atoms with Gasteiger partial charge in [-0.2, -0.15) is 0 Å². The molecule has 0 atom stereocenters. The van der Waals surface area contributed by atoms with E-state index in [-0.39, 0.29) is 12.4 Å². The lowest BCUT2D eigenvalue weighted by Gasteiger charge is -2.05. The Bertz CT molecular complexity index is 533. The fraction of sp³-hybridized carbons (Fsp3) is 0.154. The largest absolute Gasteiger partial charge is 0.497 e. The number of methoxy groups -OCH3 is 1. The number of ether oxygens (including phenoxy) is 2. The molecule has 2 aromatic rings. The standard InChI is InChI=1S/C13H11ClO3S/c1-16-9-2-4-10(5-3-9)17-8-11(15)12-6-7-13(14)18-12/h2-7H,8H2,1H3. The molecule has 3 nitrogen and oxygen atoms in total. The summed E-state index contributed by atoms with van der Waals surface area (Å²) >= 11 is 7.02. The molecule has 0 aliphatic carbocycles. The van der Waals surface area contributed by atoms with Gasteiger partial charge in [-0.1, -0.05) is 11.6 Å². The average Bonchev–Trinajstić information content (AvgIpc) is 2.83. The summed E-state index contributed by atoms with van der Waals surface area (Å²) in [7, 11) is 1.60. The van der Waals surface area contributed by atoms with Crippen LogP contribution >= 0.6 is 22.9 Å². The minimum Gasteiger partial charge on any atom is -0.497 e. The second-order valence-electron chi connectivity index (χ2n) is 3.49. The molecule has 0 bridgehead atoms. The van der Waals surface area contributed by atoms with Gasteiger partial charge in [-0.25, -0.2) is 0 Å². The summed E-state index contributed by atoms with van der Waals surface area (Å²) in [4.78, 5) is 12.4. The minimum atomic E-state index is -0.0808. The Kier molecular flexibility index (Phi) is 4.23. The van der Waals surface area contributed by atoms with Crippen molar-refractivity contribution in [3.8, 4) is 11.5 Å². The van der Waals surface area contributed by atoms with Crippen LogP contribution in [0.1, 0.15) is 9.67 Å². The number of rotatable bonds is 5. The molecule has 0 fully saturated rings. The molecule has 0 aliphatic heterocycles. The summed E-state index contributed by atoms with van der Waals surface area (Å²) in [6, 6.07) is 10.5. The van der Waals surface area contributed by atoms with Crippen LogP contribution in [-0.4, -0.2) is 19.5 Å². The monoisotopic (exact) mass is 282 g/mol. The third kappa shape index (κ3) is 3.24. The Morgan fingerprint density at radius 3 is 2.39 bits per heavy atom. The Hall–Kier alpha value is -1.52. The van der Waals surface area contributed by atoms with Gasteiger partial charge in [0.25, 0.3) is 0 Å². The molecule has 94 valence electrons. The van der Waals surface area contributed by atoms with E-state index in [1.165, 1.54) is 11.3 Å². The van der Waals surface area contributed by atoms with Crippen LogP contribution in [0.5, 0.6) is 11.5 Å². The fourth-order valence-corrected chi connectivity index (χ4v) is 2.32. The number of carbonyl (C=O) groups excluding carboxylic acids is 1. The highest BCUT2D eigenvalue weighted by molar-refractivity contribution is 7.18. The van der Waals surface area contributed by atoms with E-state index in [0.29, 0.717) is 15.0 Å². The van der Waals surface area contributed by atoms with Crippen LogP contribution < -0.4 is 9.47 Å². The molecule has 1 aromatic heterocycles. The van der Waals surface area contributed by atoms with E-state index in [4.69, 9.17) is 21.1 Å². The number of thiophene rings is 1. The number of benzene rings is 1. The van der Waals surface area contributed by atoms with Crippen LogP contribution in [0.3, 0.4) is 0 Å². The zero-order valence-corrected chi connectivity index (χ0v) is 11.3. The summed E-state index contributed by atoms with van der Waals surface area (Å²) in [5, 5.41) is 0. The highest BCUT2D eigenvalue weighted by Gasteiger charge is 2.09. The predicted octanol–water partition coefficient (Wildman–Crippen LogP) is 3.67. The van der Waals surface area contributed by atoms with E-state index in [2.05, 4.69) is 0 Å². The lowest BCUT2D eigenvalue weighted by molar-refractivity contribution is 0.0925. The molecule has 5 heteroatoms. The summed E-state index contributed by atoms with van der Waals surface area (Å²) in [6.45, 7) is 0.00315. The maximum Gasteiger partial charge on any atom is 0.210 e. The topological polar surface area (TPSA) is 35.5 Å². The van der Waals surface area contributed by atoms with Gasteiger partial charge >= 0.3 is 0 Å². The zero-order chi connectivity index (χ0) is 13.0. The van der Waals surface area contributed by atoms with Crippen LogP contribution in [0, 0.1) is 0 Å². The van der Waals surface area contributed by atoms with Gasteiger partial charge in [-0.15, -0.1) is 11.3 Å². The van der Waals surface area contributed by atoms with E-state index in [1.54, 1.807) is 43.5 Å². The lowest BCUT2D eigenvalue weighted by atomic mass is 10.3. The van der Waals surface area contributed by atoms with Gasteiger partial charge in [0, 0.05) is 0 Å². The van der Waals surface area contributed by atoms with Crippen LogP contribution in [0.2, 0.25) is 4.34 Å². The van der Waals surface area contributed by atoms with Gasteiger partial charge in [-0.05, 0) is 36.4 Å². The minimum absolute atomic E-state index is 0.00315. The molecule has 0 saturated carbocycles. The Balaban J connectivity index is 1.92. The van der Waals surface area contributed by atoms with Crippen molar-refractivity contribution < 1.29 is 14.3 Å². The highest BCUT2D eigenvalue weighted by Crippen LogP contribution is 2.22. The average molecular weight is 283 g/mol. The molecule has 0 amide bonds. The van der Waals surface area contributed by atoms with Gasteiger partial charge < -0.3 is 9.47 Å². The van der Waals surface area contributed by atoms with Crippen molar-refractivity contribution in [3.05, 3.63) is 45.6 Å². The molecule has 0 aliphatic rings.